The molecule has 25 heavy (non-hydrogen) atoms. The van der Waals surface area contributed by atoms with Gasteiger partial charge in [0.15, 0.2) is 9.84 Å². The minimum Gasteiger partial charge on any atom is -0.455 e. The number of hydrogen-bond donors (Lipinski definition) is 0. The molecule has 1 heterocycles. The molecule has 0 aliphatic rings. The van der Waals surface area contributed by atoms with E-state index in [0.717, 1.165) is 27.8 Å². The van der Waals surface area contributed by atoms with Crippen molar-refractivity contribution in [2.75, 3.05) is 6.26 Å². The predicted molar refractivity (Wildman–Crippen MR) is 100 cm³/mol. The van der Waals surface area contributed by atoms with Crippen LogP contribution in [0.1, 0.15) is 0 Å². The van der Waals surface area contributed by atoms with Crippen LogP contribution in [0.15, 0.2) is 88.2 Å². The second-order valence-corrected chi connectivity index (χ2v) is 7.98. The SMILES string of the molecule is CS(=O)(=O)c1ccc2oc(-c3ccccc3)c(-c3ccccc3)c2c1. The van der Waals surface area contributed by atoms with Crippen LogP contribution in [0.5, 0.6) is 0 Å². The van der Waals surface area contributed by atoms with Crippen LogP contribution in [0.2, 0.25) is 0 Å². The smallest absolute Gasteiger partial charge is 0.175 e. The van der Waals surface area contributed by atoms with Gasteiger partial charge < -0.3 is 4.42 Å². The number of furan rings is 1. The molecule has 124 valence electrons. The molecule has 1 aromatic heterocycles. The monoisotopic (exact) mass is 348 g/mol. The van der Waals surface area contributed by atoms with Crippen molar-refractivity contribution in [3.8, 4) is 22.5 Å². The molecule has 0 amide bonds. The first-order valence-electron chi connectivity index (χ1n) is 7.91. The summed E-state index contributed by atoms with van der Waals surface area (Å²) in [6.07, 6.45) is 1.22. The Hall–Kier alpha value is -2.85. The van der Waals surface area contributed by atoms with Gasteiger partial charge >= 0.3 is 0 Å². The molecule has 0 unspecified atom stereocenters. The van der Waals surface area contributed by atoms with Crippen LogP contribution < -0.4 is 0 Å². The van der Waals surface area contributed by atoms with Crippen LogP contribution in [0.4, 0.5) is 0 Å². The number of sulfone groups is 1. The van der Waals surface area contributed by atoms with E-state index in [2.05, 4.69) is 0 Å². The summed E-state index contributed by atoms with van der Waals surface area (Å²) in [7, 11) is -3.29. The maximum Gasteiger partial charge on any atom is 0.175 e. The summed E-state index contributed by atoms with van der Waals surface area (Å²) in [5.74, 6) is 0.743. The Morgan fingerprint density at radius 3 is 1.96 bits per heavy atom. The lowest BCUT2D eigenvalue weighted by atomic mass is 9.99. The Bertz CT molecular complexity index is 1140. The molecule has 0 N–H and O–H groups in total. The molecule has 0 spiro atoms. The van der Waals surface area contributed by atoms with Gasteiger partial charge in [-0.2, -0.15) is 0 Å². The van der Waals surface area contributed by atoms with Gasteiger partial charge in [-0.05, 0) is 23.8 Å². The van der Waals surface area contributed by atoms with Gasteiger partial charge in [0, 0.05) is 22.8 Å². The lowest BCUT2D eigenvalue weighted by Crippen LogP contribution is -1.96. The van der Waals surface area contributed by atoms with Crippen molar-refractivity contribution in [1.29, 1.82) is 0 Å². The van der Waals surface area contributed by atoms with Crippen LogP contribution >= 0.6 is 0 Å². The van der Waals surface area contributed by atoms with Gasteiger partial charge in [0.05, 0.1) is 4.90 Å². The van der Waals surface area contributed by atoms with Crippen molar-refractivity contribution in [3.63, 3.8) is 0 Å². The molecule has 0 saturated heterocycles. The van der Waals surface area contributed by atoms with Crippen LogP contribution in [0, 0.1) is 0 Å². The second kappa shape index (κ2) is 5.90. The molecular formula is C21H16O3S. The van der Waals surface area contributed by atoms with Crippen molar-refractivity contribution in [2.24, 2.45) is 0 Å². The summed E-state index contributed by atoms with van der Waals surface area (Å²) >= 11 is 0. The molecule has 4 rings (SSSR count). The molecule has 0 radical (unpaired) electrons. The van der Waals surface area contributed by atoms with Crippen molar-refractivity contribution in [2.45, 2.75) is 4.90 Å². The van der Waals surface area contributed by atoms with Gasteiger partial charge in [-0.3, -0.25) is 0 Å². The Morgan fingerprint density at radius 1 is 0.760 bits per heavy atom. The van der Waals surface area contributed by atoms with Crippen LogP contribution in [-0.2, 0) is 9.84 Å². The van der Waals surface area contributed by atoms with E-state index in [-0.39, 0.29) is 4.90 Å². The lowest BCUT2D eigenvalue weighted by Gasteiger charge is -2.04. The van der Waals surface area contributed by atoms with E-state index in [9.17, 15) is 8.42 Å². The first-order valence-corrected chi connectivity index (χ1v) is 9.80. The molecule has 3 nitrogen and oxygen atoms in total. The molecule has 0 fully saturated rings. The minimum atomic E-state index is -3.29. The third-order valence-corrected chi connectivity index (χ3v) is 5.30. The van der Waals surface area contributed by atoms with Crippen LogP contribution in [0.3, 0.4) is 0 Å². The third kappa shape index (κ3) is 2.85. The summed E-state index contributed by atoms with van der Waals surface area (Å²) in [5.41, 5.74) is 3.53. The average molecular weight is 348 g/mol. The zero-order chi connectivity index (χ0) is 17.4. The highest BCUT2D eigenvalue weighted by Crippen LogP contribution is 2.41. The molecule has 0 bridgehead atoms. The summed E-state index contributed by atoms with van der Waals surface area (Å²) in [5, 5.41) is 0.799. The zero-order valence-corrected chi connectivity index (χ0v) is 14.5. The minimum absolute atomic E-state index is 0.289. The molecule has 4 heteroatoms. The Balaban J connectivity index is 2.09. The highest BCUT2D eigenvalue weighted by Gasteiger charge is 2.19. The van der Waals surface area contributed by atoms with Gasteiger partial charge in [0.1, 0.15) is 11.3 Å². The van der Waals surface area contributed by atoms with Crippen molar-refractivity contribution in [3.05, 3.63) is 78.9 Å². The highest BCUT2D eigenvalue weighted by molar-refractivity contribution is 7.90. The number of rotatable bonds is 3. The zero-order valence-electron chi connectivity index (χ0n) is 13.6. The molecular weight excluding hydrogens is 332 g/mol. The van der Waals surface area contributed by atoms with E-state index in [0.29, 0.717) is 5.58 Å². The summed E-state index contributed by atoms with van der Waals surface area (Å²) < 4.78 is 30.1. The third-order valence-electron chi connectivity index (χ3n) is 4.19. The fourth-order valence-corrected chi connectivity index (χ4v) is 3.64. The maximum absolute atomic E-state index is 12.0. The average Bonchev–Trinajstić information content (AvgIpc) is 3.01. The van der Waals surface area contributed by atoms with Crippen molar-refractivity contribution >= 4 is 20.8 Å². The summed E-state index contributed by atoms with van der Waals surface area (Å²) in [6, 6.07) is 24.7. The van der Waals surface area contributed by atoms with Crippen LogP contribution in [-0.4, -0.2) is 14.7 Å². The Kier molecular flexibility index (Phi) is 3.70. The Labute approximate surface area is 146 Å². The predicted octanol–water partition coefficient (Wildman–Crippen LogP) is 5.17. The van der Waals surface area contributed by atoms with E-state index in [1.54, 1.807) is 18.2 Å². The molecule has 0 atom stereocenters. The van der Waals surface area contributed by atoms with E-state index in [1.807, 2.05) is 60.7 Å². The van der Waals surface area contributed by atoms with E-state index >= 15 is 0 Å². The molecule has 0 saturated carbocycles. The summed E-state index contributed by atoms with van der Waals surface area (Å²) in [6.45, 7) is 0. The van der Waals surface area contributed by atoms with Crippen LogP contribution in [0.25, 0.3) is 33.4 Å². The number of fused-ring (bicyclic) bond motifs is 1. The quantitative estimate of drug-likeness (QED) is 0.513. The fraction of sp³-hybridized carbons (Fsp3) is 0.0476. The van der Waals surface area contributed by atoms with Gasteiger partial charge in [0.25, 0.3) is 0 Å². The van der Waals surface area contributed by atoms with E-state index in [1.165, 1.54) is 6.26 Å². The van der Waals surface area contributed by atoms with Gasteiger partial charge in [0.2, 0.25) is 0 Å². The van der Waals surface area contributed by atoms with E-state index in [4.69, 9.17) is 4.42 Å². The molecule has 3 aromatic carbocycles. The number of benzene rings is 3. The van der Waals surface area contributed by atoms with E-state index < -0.39 is 9.84 Å². The topological polar surface area (TPSA) is 47.3 Å². The molecule has 0 aliphatic heterocycles. The summed E-state index contributed by atoms with van der Waals surface area (Å²) in [4.78, 5) is 0.289. The van der Waals surface area contributed by atoms with Gasteiger partial charge in [-0.25, -0.2) is 8.42 Å². The maximum atomic E-state index is 12.0. The fourth-order valence-electron chi connectivity index (χ4n) is 2.99. The van der Waals surface area contributed by atoms with Gasteiger partial charge in [-0.15, -0.1) is 0 Å². The van der Waals surface area contributed by atoms with Crippen molar-refractivity contribution in [1.82, 2.24) is 0 Å². The molecule has 4 aromatic rings. The first kappa shape index (κ1) is 15.7. The van der Waals surface area contributed by atoms with Gasteiger partial charge in [-0.1, -0.05) is 60.7 Å². The Morgan fingerprint density at radius 2 is 1.36 bits per heavy atom. The normalized spacial score (nSPS) is 11.7. The largest absolute Gasteiger partial charge is 0.455 e. The van der Waals surface area contributed by atoms with Crippen molar-refractivity contribution < 1.29 is 12.8 Å². The lowest BCUT2D eigenvalue weighted by molar-refractivity contribution is 0.602. The standard InChI is InChI=1S/C21H16O3S/c1-25(22,23)17-12-13-19-18(14-17)20(15-8-4-2-5-9-15)21(24-19)16-10-6-3-7-11-16/h2-14H,1H3. The highest BCUT2D eigenvalue weighted by atomic mass is 32.2. The molecule has 0 aliphatic carbocycles. The second-order valence-electron chi connectivity index (χ2n) is 5.97. The number of hydrogen-bond acceptors (Lipinski definition) is 3. The first-order chi connectivity index (χ1) is 12.0.